The van der Waals surface area contributed by atoms with Crippen LogP contribution in [-0.4, -0.2) is 24.0 Å². The van der Waals surface area contributed by atoms with Gasteiger partial charge in [0.25, 0.3) is 0 Å². The number of nitrogens with zero attached hydrogens (tertiary/aromatic N) is 1. The lowest BCUT2D eigenvalue weighted by Crippen LogP contribution is -2.35. The molecule has 0 radical (unpaired) electrons. The summed E-state index contributed by atoms with van der Waals surface area (Å²) in [6.45, 7) is 3.87. The van der Waals surface area contributed by atoms with E-state index in [4.69, 9.17) is 0 Å². The van der Waals surface area contributed by atoms with E-state index in [9.17, 15) is 4.79 Å². The van der Waals surface area contributed by atoms with E-state index >= 15 is 0 Å². The average molecular weight is 249 g/mol. The fourth-order valence-corrected chi connectivity index (χ4v) is 2.61. The summed E-state index contributed by atoms with van der Waals surface area (Å²) >= 11 is 1.57. The maximum atomic E-state index is 11.4. The molecule has 0 aliphatic rings. The lowest BCUT2D eigenvalue weighted by Gasteiger charge is -2.10. The van der Waals surface area contributed by atoms with Crippen LogP contribution in [0.4, 0.5) is 5.13 Å². The largest absolute Gasteiger partial charge is 0.357 e. The van der Waals surface area contributed by atoms with Gasteiger partial charge in [0.1, 0.15) is 6.04 Å². The van der Waals surface area contributed by atoms with E-state index in [1.54, 1.807) is 18.4 Å². The van der Waals surface area contributed by atoms with Crippen molar-refractivity contribution in [2.45, 2.75) is 19.9 Å². The highest BCUT2D eigenvalue weighted by atomic mass is 32.1. The Morgan fingerprint density at radius 2 is 2.24 bits per heavy atom. The van der Waals surface area contributed by atoms with Crippen LogP contribution in [0.15, 0.2) is 18.2 Å². The third-order valence-electron chi connectivity index (χ3n) is 2.52. The minimum Gasteiger partial charge on any atom is -0.357 e. The maximum absolute atomic E-state index is 11.4. The molecule has 5 heteroatoms. The van der Waals surface area contributed by atoms with Crippen LogP contribution in [-0.2, 0) is 4.79 Å². The van der Waals surface area contributed by atoms with Gasteiger partial charge in [0.05, 0.1) is 10.2 Å². The van der Waals surface area contributed by atoms with E-state index in [1.807, 2.05) is 19.1 Å². The van der Waals surface area contributed by atoms with Crippen LogP contribution < -0.4 is 10.6 Å². The topological polar surface area (TPSA) is 54.0 Å². The Labute approximate surface area is 104 Å². The van der Waals surface area contributed by atoms with Gasteiger partial charge < -0.3 is 10.6 Å². The summed E-state index contributed by atoms with van der Waals surface area (Å²) in [6.07, 6.45) is 0. The van der Waals surface area contributed by atoms with Gasteiger partial charge in [-0.25, -0.2) is 4.98 Å². The van der Waals surface area contributed by atoms with Crippen molar-refractivity contribution in [2.24, 2.45) is 0 Å². The van der Waals surface area contributed by atoms with Crippen molar-refractivity contribution in [3.05, 3.63) is 23.8 Å². The number of nitrogens with one attached hydrogen (secondary N) is 2. The second kappa shape index (κ2) is 4.71. The Morgan fingerprint density at radius 1 is 1.47 bits per heavy atom. The number of hydrogen-bond acceptors (Lipinski definition) is 4. The van der Waals surface area contributed by atoms with E-state index < -0.39 is 0 Å². The Bertz CT molecular complexity index is 550. The van der Waals surface area contributed by atoms with Crippen molar-refractivity contribution in [1.82, 2.24) is 10.3 Å². The van der Waals surface area contributed by atoms with Crippen molar-refractivity contribution in [2.75, 3.05) is 12.4 Å². The molecule has 2 aromatic rings. The summed E-state index contributed by atoms with van der Waals surface area (Å²) in [7, 11) is 1.63. The molecular weight excluding hydrogens is 234 g/mol. The van der Waals surface area contributed by atoms with Gasteiger partial charge in [-0.2, -0.15) is 0 Å². The Kier molecular flexibility index (Phi) is 3.28. The maximum Gasteiger partial charge on any atom is 0.242 e. The molecule has 0 aliphatic carbocycles. The minimum atomic E-state index is -0.276. The molecule has 0 saturated carbocycles. The van der Waals surface area contributed by atoms with Crippen LogP contribution in [0.5, 0.6) is 0 Å². The molecule has 90 valence electrons. The second-order valence-electron chi connectivity index (χ2n) is 3.97. The van der Waals surface area contributed by atoms with Gasteiger partial charge >= 0.3 is 0 Å². The van der Waals surface area contributed by atoms with Gasteiger partial charge in [-0.15, -0.1) is 0 Å². The first kappa shape index (κ1) is 11.9. The zero-order valence-corrected chi connectivity index (χ0v) is 10.9. The molecule has 0 fully saturated rings. The predicted octanol–water partition coefficient (Wildman–Crippen LogP) is 2.15. The number of aryl methyl sites for hydroxylation is 1. The fourth-order valence-electron chi connectivity index (χ4n) is 1.56. The Balaban J connectivity index is 2.22. The summed E-state index contributed by atoms with van der Waals surface area (Å²) in [5.41, 5.74) is 2.18. The number of hydrogen-bond donors (Lipinski definition) is 2. The third kappa shape index (κ3) is 2.55. The SMILES string of the molecule is CNC(=O)C(C)Nc1nc2ccc(C)cc2s1. The zero-order chi connectivity index (χ0) is 12.4. The van der Waals surface area contributed by atoms with Gasteiger partial charge in [0.15, 0.2) is 5.13 Å². The predicted molar refractivity (Wildman–Crippen MR) is 71.5 cm³/mol. The van der Waals surface area contributed by atoms with Crippen LogP contribution in [0, 0.1) is 6.92 Å². The first-order valence-corrected chi connectivity index (χ1v) is 6.27. The highest BCUT2D eigenvalue weighted by Gasteiger charge is 2.12. The Hall–Kier alpha value is -1.62. The lowest BCUT2D eigenvalue weighted by molar-refractivity contribution is -0.121. The van der Waals surface area contributed by atoms with Gasteiger partial charge in [0, 0.05) is 7.05 Å². The molecule has 17 heavy (non-hydrogen) atoms. The van der Waals surface area contributed by atoms with Crippen molar-refractivity contribution in [3.63, 3.8) is 0 Å². The number of rotatable bonds is 3. The average Bonchev–Trinajstić information content (AvgIpc) is 2.69. The number of thiazole rings is 1. The molecule has 0 saturated heterocycles. The van der Waals surface area contributed by atoms with Crippen molar-refractivity contribution in [3.8, 4) is 0 Å². The fraction of sp³-hybridized carbons (Fsp3) is 0.333. The molecule has 0 aliphatic heterocycles. The first-order chi connectivity index (χ1) is 8.10. The highest BCUT2D eigenvalue weighted by Crippen LogP contribution is 2.26. The molecule has 2 rings (SSSR count). The molecule has 0 spiro atoms. The molecule has 1 atom stereocenters. The quantitative estimate of drug-likeness (QED) is 0.876. The first-order valence-electron chi connectivity index (χ1n) is 5.45. The van der Waals surface area contributed by atoms with Crippen LogP contribution >= 0.6 is 11.3 Å². The van der Waals surface area contributed by atoms with Gasteiger partial charge in [-0.1, -0.05) is 17.4 Å². The normalized spacial score (nSPS) is 12.4. The number of fused-ring (bicyclic) bond motifs is 1. The molecule has 1 aromatic heterocycles. The number of likely N-dealkylation sites (N-methyl/N-ethyl adjacent to an activating group) is 1. The smallest absolute Gasteiger partial charge is 0.242 e. The number of anilines is 1. The molecule has 1 unspecified atom stereocenters. The summed E-state index contributed by atoms with van der Waals surface area (Å²) in [6, 6.07) is 5.86. The molecule has 1 aromatic carbocycles. The molecular formula is C12H15N3OS. The lowest BCUT2D eigenvalue weighted by atomic mass is 10.2. The van der Waals surface area contributed by atoms with E-state index in [-0.39, 0.29) is 11.9 Å². The van der Waals surface area contributed by atoms with E-state index in [0.29, 0.717) is 0 Å². The summed E-state index contributed by atoms with van der Waals surface area (Å²) < 4.78 is 1.14. The van der Waals surface area contributed by atoms with Crippen LogP contribution in [0.25, 0.3) is 10.2 Å². The van der Waals surface area contributed by atoms with E-state index in [0.717, 1.165) is 15.3 Å². The van der Waals surface area contributed by atoms with E-state index in [2.05, 4.69) is 28.6 Å². The number of amides is 1. The number of carbonyl (C=O) groups excluding carboxylic acids is 1. The zero-order valence-electron chi connectivity index (χ0n) is 10.1. The van der Waals surface area contributed by atoms with Crippen molar-refractivity contribution < 1.29 is 4.79 Å². The van der Waals surface area contributed by atoms with E-state index in [1.165, 1.54) is 5.56 Å². The number of benzene rings is 1. The monoisotopic (exact) mass is 249 g/mol. The molecule has 2 N–H and O–H groups in total. The van der Waals surface area contributed by atoms with Crippen LogP contribution in [0.2, 0.25) is 0 Å². The van der Waals surface area contributed by atoms with Gasteiger partial charge in [-0.05, 0) is 31.5 Å². The molecule has 1 heterocycles. The number of aromatic nitrogens is 1. The van der Waals surface area contributed by atoms with Crippen molar-refractivity contribution in [1.29, 1.82) is 0 Å². The minimum absolute atomic E-state index is 0.0413. The Morgan fingerprint density at radius 3 is 2.94 bits per heavy atom. The summed E-state index contributed by atoms with van der Waals surface area (Å²) in [5, 5.41) is 6.48. The van der Waals surface area contributed by atoms with Gasteiger partial charge in [-0.3, -0.25) is 4.79 Å². The van der Waals surface area contributed by atoms with Crippen LogP contribution in [0.3, 0.4) is 0 Å². The molecule has 1 amide bonds. The standard InChI is InChI=1S/C12H15N3OS/c1-7-4-5-9-10(6-7)17-12(15-9)14-8(2)11(16)13-3/h4-6,8H,1-3H3,(H,13,16)(H,14,15). The molecule has 0 bridgehead atoms. The molecule has 4 nitrogen and oxygen atoms in total. The number of carbonyl (C=O) groups is 1. The summed E-state index contributed by atoms with van der Waals surface area (Å²) in [5.74, 6) is -0.0413. The van der Waals surface area contributed by atoms with Crippen LogP contribution in [0.1, 0.15) is 12.5 Å². The van der Waals surface area contributed by atoms with Crippen molar-refractivity contribution >= 4 is 32.6 Å². The van der Waals surface area contributed by atoms with Gasteiger partial charge in [0.2, 0.25) is 5.91 Å². The summed E-state index contributed by atoms with van der Waals surface area (Å²) in [4.78, 5) is 15.8. The highest BCUT2D eigenvalue weighted by molar-refractivity contribution is 7.22. The third-order valence-corrected chi connectivity index (χ3v) is 3.47. The second-order valence-corrected chi connectivity index (χ2v) is 5.00.